The second kappa shape index (κ2) is 8.91. The summed E-state index contributed by atoms with van der Waals surface area (Å²) < 4.78 is 38.0. The number of hydrogen-bond donors (Lipinski definition) is 0. The summed E-state index contributed by atoms with van der Waals surface area (Å²) in [6.45, 7) is 5.48. The van der Waals surface area contributed by atoms with Gasteiger partial charge >= 0.3 is 0 Å². The fraction of sp³-hybridized carbons (Fsp3) is 0.600. The first-order valence-electron chi connectivity index (χ1n) is 10.2. The van der Waals surface area contributed by atoms with Crippen LogP contribution in [0.2, 0.25) is 0 Å². The van der Waals surface area contributed by atoms with E-state index in [9.17, 15) is 8.42 Å². The van der Waals surface area contributed by atoms with Crippen molar-refractivity contribution in [1.82, 2.24) is 19.3 Å². The summed E-state index contributed by atoms with van der Waals surface area (Å²) in [4.78, 5) is 6.63. The van der Waals surface area contributed by atoms with Gasteiger partial charge in [-0.15, -0.1) is 0 Å². The van der Waals surface area contributed by atoms with Gasteiger partial charge in [0, 0.05) is 38.3 Å². The predicted molar refractivity (Wildman–Crippen MR) is 109 cm³/mol. The number of benzene rings is 1. The molecule has 2 aliphatic rings. The van der Waals surface area contributed by atoms with Crippen LogP contribution in [0.4, 0.5) is 0 Å². The molecule has 8 nitrogen and oxygen atoms in total. The van der Waals surface area contributed by atoms with Crippen LogP contribution in [0.3, 0.4) is 0 Å². The van der Waals surface area contributed by atoms with Crippen molar-refractivity contribution in [2.45, 2.75) is 38.8 Å². The predicted octanol–water partition coefficient (Wildman–Crippen LogP) is 2.06. The topological polar surface area (TPSA) is 88.8 Å². The molecule has 158 valence electrons. The molecule has 0 amide bonds. The minimum absolute atomic E-state index is 0.0938. The maximum atomic E-state index is 12.7. The lowest BCUT2D eigenvalue weighted by molar-refractivity contribution is 0.0296. The second-order valence-electron chi connectivity index (χ2n) is 7.82. The van der Waals surface area contributed by atoms with Crippen molar-refractivity contribution >= 4 is 10.0 Å². The summed E-state index contributed by atoms with van der Waals surface area (Å²) in [7, 11) is -3.28. The molecule has 0 N–H and O–H groups in total. The molecule has 1 aromatic heterocycles. The van der Waals surface area contributed by atoms with Gasteiger partial charge in [0.1, 0.15) is 0 Å². The molecule has 0 radical (unpaired) electrons. The monoisotopic (exact) mass is 420 g/mol. The van der Waals surface area contributed by atoms with Crippen molar-refractivity contribution in [3.63, 3.8) is 0 Å². The first-order valence-corrected chi connectivity index (χ1v) is 11.8. The highest BCUT2D eigenvalue weighted by molar-refractivity contribution is 7.89. The zero-order valence-corrected chi connectivity index (χ0v) is 17.6. The van der Waals surface area contributed by atoms with E-state index in [0.717, 1.165) is 24.8 Å². The van der Waals surface area contributed by atoms with Gasteiger partial charge in [-0.3, -0.25) is 4.90 Å². The Kier molecular flexibility index (Phi) is 6.29. The van der Waals surface area contributed by atoms with E-state index < -0.39 is 10.0 Å². The molecule has 4 rings (SSSR count). The van der Waals surface area contributed by atoms with Gasteiger partial charge in [-0.1, -0.05) is 35.0 Å². The summed E-state index contributed by atoms with van der Waals surface area (Å²) in [6.07, 6.45) is 2.74. The summed E-state index contributed by atoms with van der Waals surface area (Å²) in [6, 6.07) is 7.99. The number of piperazine rings is 1. The van der Waals surface area contributed by atoms with E-state index in [1.165, 1.54) is 5.56 Å². The van der Waals surface area contributed by atoms with E-state index in [4.69, 9.17) is 9.26 Å². The van der Waals surface area contributed by atoms with E-state index >= 15 is 0 Å². The Balaban J connectivity index is 1.29. The van der Waals surface area contributed by atoms with E-state index in [1.807, 2.05) is 31.2 Å². The van der Waals surface area contributed by atoms with E-state index in [-0.39, 0.29) is 11.9 Å². The van der Waals surface area contributed by atoms with Crippen LogP contribution < -0.4 is 0 Å². The average Bonchev–Trinajstić information content (AvgIpc) is 3.18. The van der Waals surface area contributed by atoms with Crippen LogP contribution in [-0.2, 0) is 21.3 Å². The van der Waals surface area contributed by atoms with Crippen LogP contribution in [-0.4, -0.2) is 72.4 Å². The molecule has 0 saturated carbocycles. The van der Waals surface area contributed by atoms with Gasteiger partial charge in [0.15, 0.2) is 0 Å². The minimum Gasteiger partial charge on any atom is -0.377 e. The highest BCUT2D eigenvalue weighted by Gasteiger charge is 2.31. The highest BCUT2D eigenvalue weighted by atomic mass is 32.2. The Morgan fingerprint density at radius 1 is 1.10 bits per heavy atom. The second-order valence-corrected chi connectivity index (χ2v) is 9.83. The normalized spacial score (nSPS) is 22.0. The zero-order valence-electron chi connectivity index (χ0n) is 16.8. The molecule has 0 aliphatic carbocycles. The van der Waals surface area contributed by atoms with E-state index in [1.54, 1.807) is 4.31 Å². The van der Waals surface area contributed by atoms with Crippen LogP contribution in [0, 0.1) is 6.92 Å². The maximum absolute atomic E-state index is 12.7. The molecular weight excluding hydrogens is 392 g/mol. The number of aromatic nitrogens is 2. The van der Waals surface area contributed by atoms with E-state index in [2.05, 4.69) is 15.0 Å². The van der Waals surface area contributed by atoms with Crippen LogP contribution in [0.25, 0.3) is 11.4 Å². The molecule has 29 heavy (non-hydrogen) atoms. The molecule has 2 saturated heterocycles. The molecule has 1 aromatic carbocycles. The van der Waals surface area contributed by atoms with E-state index in [0.29, 0.717) is 51.0 Å². The number of hydrogen-bond acceptors (Lipinski definition) is 7. The van der Waals surface area contributed by atoms with Gasteiger partial charge < -0.3 is 9.26 Å². The zero-order chi connectivity index (χ0) is 20.3. The molecule has 0 spiro atoms. The van der Waals surface area contributed by atoms with Crippen LogP contribution >= 0.6 is 0 Å². The van der Waals surface area contributed by atoms with Gasteiger partial charge in [0.05, 0.1) is 18.4 Å². The Hall–Kier alpha value is -1.81. The van der Waals surface area contributed by atoms with Crippen LogP contribution in [0.15, 0.2) is 28.8 Å². The van der Waals surface area contributed by atoms with Crippen molar-refractivity contribution in [3.8, 4) is 11.4 Å². The van der Waals surface area contributed by atoms with Gasteiger partial charge in [0.2, 0.25) is 21.7 Å². The van der Waals surface area contributed by atoms with Crippen molar-refractivity contribution in [2.24, 2.45) is 0 Å². The van der Waals surface area contributed by atoms with Crippen molar-refractivity contribution in [1.29, 1.82) is 0 Å². The summed E-state index contributed by atoms with van der Waals surface area (Å²) in [5.41, 5.74) is 2.10. The Morgan fingerprint density at radius 2 is 1.86 bits per heavy atom. The largest absolute Gasteiger partial charge is 0.377 e. The molecule has 3 heterocycles. The lowest BCUT2D eigenvalue weighted by atomic mass is 10.1. The van der Waals surface area contributed by atoms with Gasteiger partial charge in [0.25, 0.3) is 0 Å². The van der Waals surface area contributed by atoms with Crippen molar-refractivity contribution in [3.05, 3.63) is 35.7 Å². The SMILES string of the molecule is Cc1ccc(-c2noc(CN3CCN(S(=O)(=O)CC4CCCCO4)CC3)n2)cc1. The molecule has 9 heteroatoms. The Morgan fingerprint density at radius 3 is 2.55 bits per heavy atom. The van der Waals surface area contributed by atoms with Gasteiger partial charge in [-0.05, 0) is 26.2 Å². The standard InChI is InChI=1S/C20H28N4O4S/c1-16-5-7-17(8-6-16)20-21-19(28-22-20)14-23-9-11-24(12-10-23)29(25,26)15-18-4-2-3-13-27-18/h5-8,18H,2-4,9-15H2,1H3. The molecule has 0 bridgehead atoms. The summed E-state index contributed by atoms with van der Waals surface area (Å²) in [5.74, 6) is 1.22. The third-order valence-corrected chi connectivity index (χ3v) is 7.48. The first-order chi connectivity index (χ1) is 14.0. The molecule has 2 fully saturated rings. The quantitative estimate of drug-likeness (QED) is 0.707. The lowest BCUT2D eigenvalue weighted by Gasteiger charge is -2.34. The maximum Gasteiger partial charge on any atom is 0.241 e. The molecule has 2 aliphatic heterocycles. The molecule has 1 unspecified atom stereocenters. The number of rotatable bonds is 6. The number of ether oxygens (including phenoxy) is 1. The van der Waals surface area contributed by atoms with Crippen molar-refractivity contribution in [2.75, 3.05) is 38.5 Å². The number of aryl methyl sites for hydroxylation is 1. The Bertz CT molecular complexity index is 899. The summed E-state index contributed by atoms with van der Waals surface area (Å²) in [5, 5.41) is 4.07. The molecular formula is C20H28N4O4S. The third kappa shape index (κ3) is 5.22. The van der Waals surface area contributed by atoms with Gasteiger partial charge in [-0.2, -0.15) is 9.29 Å². The van der Waals surface area contributed by atoms with Crippen LogP contribution in [0.5, 0.6) is 0 Å². The third-order valence-electron chi connectivity index (χ3n) is 5.53. The smallest absolute Gasteiger partial charge is 0.241 e. The summed E-state index contributed by atoms with van der Waals surface area (Å²) >= 11 is 0. The van der Waals surface area contributed by atoms with Crippen LogP contribution in [0.1, 0.15) is 30.7 Å². The lowest BCUT2D eigenvalue weighted by Crippen LogP contribution is -2.50. The molecule has 2 aromatic rings. The fourth-order valence-electron chi connectivity index (χ4n) is 3.78. The number of sulfonamides is 1. The number of nitrogens with zero attached hydrogens (tertiary/aromatic N) is 4. The highest BCUT2D eigenvalue weighted by Crippen LogP contribution is 2.19. The fourth-order valence-corrected chi connectivity index (χ4v) is 5.44. The minimum atomic E-state index is -3.28. The first kappa shape index (κ1) is 20.5. The van der Waals surface area contributed by atoms with Crippen molar-refractivity contribution < 1.29 is 17.7 Å². The molecule has 1 atom stereocenters. The van der Waals surface area contributed by atoms with Gasteiger partial charge in [-0.25, -0.2) is 8.42 Å². The average molecular weight is 421 g/mol. The Labute approximate surface area is 171 Å².